The van der Waals surface area contributed by atoms with Crippen LogP contribution in [0.2, 0.25) is 0 Å². The molecule has 0 aromatic heterocycles. The van der Waals surface area contributed by atoms with Crippen LogP contribution in [0.5, 0.6) is 5.75 Å². The quantitative estimate of drug-likeness (QED) is 0.689. The van der Waals surface area contributed by atoms with Crippen LogP contribution in [0.1, 0.15) is 22.3 Å². The van der Waals surface area contributed by atoms with Gasteiger partial charge in [-0.3, -0.25) is 14.5 Å². The Labute approximate surface area is 169 Å². The summed E-state index contributed by atoms with van der Waals surface area (Å²) in [6, 6.07) is 13.9. The van der Waals surface area contributed by atoms with Gasteiger partial charge in [0.2, 0.25) is 0 Å². The number of anilines is 1. The number of nitrogens with one attached hydrogen (secondary N) is 1. The fourth-order valence-corrected chi connectivity index (χ4v) is 4.01. The van der Waals surface area contributed by atoms with Gasteiger partial charge in [-0.2, -0.15) is 0 Å². The van der Waals surface area contributed by atoms with Crippen molar-refractivity contribution in [2.45, 2.75) is 12.0 Å². The van der Waals surface area contributed by atoms with E-state index in [2.05, 4.69) is 0 Å². The van der Waals surface area contributed by atoms with Crippen molar-refractivity contribution in [1.29, 1.82) is 0 Å². The Morgan fingerprint density at radius 1 is 1.21 bits per heavy atom. The topological polar surface area (TPSA) is 80.5 Å². The standard InChI is InChI=1S/C22H24N2O5/c1-28-17-6-4-5-16(13-17)20(25)14-22(27)18-7-2-3-8-19(18)24(21(22)26)15-23-9-11-29-12-10-23/h2-8,13,27H,9-12,14-15H2,1H3/p+1/t22-/m1/s1. The third kappa shape index (κ3) is 3.64. The molecule has 2 aromatic rings. The van der Waals surface area contributed by atoms with Gasteiger partial charge in [0, 0.05) is 11.1 Å². The number of hydrogen-bond acceptors (Lipinski definition) is 5. The van der Waals surface area contributed by atoms with Gasteiger partial charge in [0.15, 0.2) is 18.1 Å². The summed E-state index contributed by atoms with van der Waals surface area (Å²) in [5.74, 6) is -0.206. The number of aliphatic hydroxyl groups is 1. The van der Waals surface area contributed by atoms with E-state index in [1.54, 1.807) is 41.3 Å². The van der Waals surface area contributed by atoms with E-state index in [4.69, 9.17) is 9.47 Å². The van der Waals surface area contributed by atoms with E-state index in [0.29, 0.717) is 42.4 Å². The van der Waals surface area contributed by atoms with Gasteiger partial charge in [0.25, 0.3) is 5.91 Å². The number of methoxy groups -OCH3 is 1. The Morgan fingerprint density at radius 2 is 1.97 bits per heavy atom. The number of carbonyl (C=O) groups is 2. The molecule has 0 aliphatic carbocycles. The molecule has 0 bridgehead atoms. The lowest BCUT2D eigenvalue weighted by atomic mass is 9.88. The molecule has 2 heterocycles. The molecule has 0 saturated carbocycles. The predicted octanol–water partition coefficient (Wildman–Crippen LogP) is 0.375. The highest BCUT2D eigenvalue weighted by Gasteiger charge is 2.51. The third-order valence-electron chi connectivity index (χ3n) is 5.63. The normalized spacial score (nSPS) is 21.9. The summed E-state index contributed by atoms with van der Waals surface area (Å²) in [5.41, 5.74) is -0.325. The van der Waals surface area contributed by atoms with Crippen LogP contribution in [0.4, 0.5) is 5.69 Å². The number of hydrogen-bond donors (Lipinski definition) is 2. The summed E-state index contributed by atoms with van der Waals surface area (Å²) in [5, 5.41) is 11.4. The third-order valence-corrected chi connectivity index (χ3v) is 5.63. The lowest BCUT2D eigenvalue weighted by Gasteiger charge is -2.29. The van der Waals surface area contributed by atoms with E-state index >= 15 is 0 Å². The highest BCUT2D eigenvalue weighted by Crippen LogP contribution is 2.42. The van der Waals surface area contributed by atoms with E-state index < -0.39 is 11.5 Å². The molecule has 1 fully saturated rings. The van der Waals surface area contributed by atoms with Crippen LogP contribution in [0, 0.1) is 0 Å². The van der Waals surface area contributed by atoms with Crippen molar-refractivity contribution in [3.05, 3.63) is 59.7 Å². The number of morpholine rings is 1. The zero-order valence-corrected chi connectivity index (χ0v) is 16.4. The van der Waals surface area contributed by atoms with Gasteiger partial charge in [0.05, 0.1) is 32.4 Å². The van der Waals surface area contributed by atoms with Crippen molar-refractivity contribution in [1.82, 2.24) is 0 Å². The smallest absolute Gasteiger partial charge is 0.268 e. The zero-order chi connectivity index (χ0) is 20.4. The first-order chi connectivity index (χ1) is 14.0. The summed E-state index contributed by atoms with van der Waals surface area (Å²) in [7, 11) is 1.53. The Morgan fingerprint density at radius 3 is 2.72 bits per heavy atom. The zero-order valence-electron chi connectivity index (χ0n) is 16.4. The molecule has 29 heavy (non-hydrogen) atoms. The maximum Gasteiger partial charge on any atom is 0.268 e. The molecule has 2 aliphatic heterocycles. The van der Waals surface area contributed by atoms with E-state index in [1.807, 2.05) is 12.1 Å². The first kappa shape index (κ1) is 19.6. The SMILES string of the molecule is COc1cccc(C(=O)C[C@]2(O)C(=O)N(C[NH+]3CCOCC3)c3ccccc32)c1. The summed E-state index contributed by atoms with van der Waals surface area (Å²) < 4.78 is 10.6. The maximum absolute atomic E-state index is 13.3. The van der Waals surface area contributed by atoms with Gasteiger partial charge < -0.3 is 19.5 Å². The number of fused-ring (bicyclic) bond motifs is 1. The minimum Gasteiger partial charge on any atom is -0.497 e. The highest BCUT2D eigenvalue weighted by atomic mass is 16.5. The molecule has 2 N–H and O–H groups in total. The van der Waals surface area contributed by atoms with Gasteiger partial charge in [-0.05, 0) is 18.2 Å². The monoisotopic (exact) mass is 397 g/mol. The molecule has 7 nitrogen and oxygen atoms in total. The number of nitrogens with zero attached hydrogens (tertiary/aromatic N) is 1. The van der Waals surface area contributed by atoms with Crippen LogP contribution in [-0.2, 0) is 15.1 Å². The number of Topliss-reactive ketones (excluding diaryl/α,β-unsaturated/α-hetero) is 1. The number of rotatable bonds is 6. The second-order valence-corrected chi connectivity index (χ2v) is 7.46. The van der Waals surface area contributed by atoms with Crippen LogP contribution in [0.3, 0.4) is 0 Å². The molecular weight excluding hydrogens is 372 g/mol. The molecular formula is C22H25N2O5+. The number of para-hydroxylation sites is 1. The number of carbonyl (C=O) groups excluding carboxylic acids is 2. The summed E-state index contributed by atoms with van der Waals surface area (Å²) in [6.45, 7) is 3.34. The number of benzene rings is 2. The molecule has 4 rings (SSSR count). The number of ketones is 1. The van der Waals surface area contributed by atoms with Gasteiger partial charge in [-0.25, -0.2) is 0 Å². The molecule has 2 aromatic carbocycles. The summed E-state index contributed by atoms with van der Waals surface area (Å²) >= 11 is 0. The van der Waals surface area contributed by atoms with Crippen molar-refractivity contribution in [3.63, 3.8) is 0 Å². The molecule has 0 radical (unpaired) electrons. The van der Waals surface area contributed by atoms with Crippen LogP contribution < -0.4 is 14.5 Å². The maximum atomic E-state index is 13.3. The fraction of sp³-hybridized carbons (Fsp3) is 0.364. The van der Waals surface area contributed by atoms with Crippen molar-refractivity contribution in [3.8, 4) is 5.75 Å². The Kier molecular flexibility index (Phi) is 5.36. The van der Waals surface area contributed by atoms with Crippen molar-refractivity contribution >= 4 is 17.4 Å². The average Bonchev–Trinajstić information content (AvgIpc) is 2.96. The van der Waals surface area contributed by atoms with Crippen molar-refractivity contribution < 1.29 is 29.1 Å². The van der Waals surface area contributed by atoms with Gasteiger partial charge in [0.1, 0.15) is 18.8 Å². The van der Waals surface area contributed by atoms with Crippen LogP contribution in [0.15, 0.2) is 48.5 Å². The number of ether oxygens (including phenoxy) is 2. The predicted molar refractivity (Wildman–Crippen MR) is 106 cm³/mol. The molecule has 0 unspecified atom stereocenters. The molecule has 1 amide bonds. The van der Waals surface area contributed by atoms with E-state index in [1.165, 1.54) is 12.0 Å². The minimum atomic E-state index is -1.87. The van der Waals surface area contributed by atoms with E-state index in [0.717, 1.165) is 13.1 Å². The highest BCUT2D eigenvalue weighted by molar-refractivity contribution is 6.10. The van der Waals surface area contributed by atoms with Crippen LogP contribution in [-0.4, -0.2) is 56.9 Å². The lowest BCUT2D eigenvalue weighted by molar-refractivity contribution is -0.906. The molecule has 2 aliphatic rings. The lowest BCUT2D eigenvalue weighted by Crippen LogP contribution is -3.15. The Bertz CT molecular complexity index is 925. The van der Waals surface area contributed by atoms with E-state index in [9.17, 15) is 14.7 Å². The fourth-order valence-electron chi connectivity index (χ4n) is 4.01. The first-order valence-corrected chi connectivity index (χ1v) is 9.75. The van der Waals surface area contributed by atoms with Crippen LogP contribution >= 0.6 is 0 Å². The largest absolute Gasteiger partial charge is 0.497 e. The van der Waals surface area contributed by atoms with Crippen molar-refractivity contribution in [2.75, 3.05) is 45.0 Å². The van der Waals surface area contributed by atoms with Gasteiger partial charge in [-0.15, -0.1) is 0 Å². The second kappa shape index (κ2) is 7.94. The number of amides is 1. The minimum absolute atomic E-state index is 0.310. The van der Waals surface area contributed by atoms with E-state index in [-0.39, 0.29) is 12.2 Å². The van der Waals surface area contributed by atoms with Gasteiger partial charge in [-0.1, -0.05) is 30.3 Å². The Hall–Kier alpha value is -2.74. The molecule has 0 spiro atoms. The molecule has 152 valence electrons. The van der Waals surface area contributed by atoms with Gasteiger partial charge >= 0.3 is 0 Å². The summed E-state index contributed by atoms with van der Waals surface area (Å²) in [6.07, 6.45) is -0.315. The summed E-state index contributed by atoms with van der Waals surface area (Å²) in [4.78, 5) is 29.0. The molecule has 1 atom stereocenters. The average molecular weight is 397 g/mol. The second-order valence-electron chi connectivity index (χ2n) is 7.46. The van der Waals surface area contributed by atoms with Crippen LogP contribution in [0.25, 0.3) is 0 Å². The molecule has 7 heteroatoms. The molecule has 1 saturated heterocycles. The Balaban J connectivity index is 1.61. The van der Waals surface area contributed by atoms with Crippen molar-refractivity contribution in [2.24, 2.45) is 0 Å². The first-order valence-electron chi connectivity index (χ1n) is 9.75. The number of quaternary nitrogens is 1.